The summed E-state index contributed by atoms with van der Waals surface area (Å²) in [5, 5.41) is 8.51. The lowest BCUT2D eigenvalue weighted by atomic mass is 9.96. The second-order valence-electron chi connectivity index (χ2n) is 9.07. The Morgan fingerprint density at radius 3 is 2.65 bits per heavy atom. The topological polar surface area (TPSA) is 104 Å². The van der Waals surface area contributed by atoms with Crippen molar-refractivity contribution in [1.29, 1.82) is 0 Å². The van der Waals surface area contributed by atoms with E-state index in [0.717, 1.165) is 22.5 Å². The number of fused-ring (bicyclic) bond motifs is 1. The van der Waals surface area contributed by atoms with Crippen molar-refractivity contribution in [2.24, 2.45) is 4.99 Å². The summed E-state index contributed by atoms with van der Waals surface area (Å²) in [5.74, 6) is -0.475. The highest BCUT2D eigenvalue weighted by atomic mass is 32.1. The maximum Gasteiger partial charge on any atom is 0.338 e. The molecule has 0 saturated carbocycles. The van der Waals surface area contributed by atoms with Gasteiger partial charge in [-0.15, -0.1) is 5.10 Å². The highest BCUT2D eigenvalue weighted by molar-refractivity contribution is 7.07. The Kier molecular flexibility index (Phi) is 6.75. The van der Waals surface area contributed by atoms with Crippen molar-refractivity contribution in [3.05, 3.63) is 127 Å². The first kappa shape index (κ1) is 25.3. The van der Waals surface area contributed by atoms with Crippen LogP contribution < -0.4 is 14.9 Å². The molecule has 4 heterocycles. The molecule has 40 heavy (non-hydrogen) atoms. The zero-order chi connectivity index (χ0) is 27.6. The minimum absolute atomic E-state index is 0.226. The summed E-state index contributed by atoms with van der Waals surface area (Å²) in [6.45, 7) is 3.76. The van der Waals surface area contributed by atoms with Crippen molar-refractivity contribution in [3.63, 3.8) is 0 Å². The molecule has 0 saturated heterocycles. The Balaban J connectivity index is 1.42. The van der Waals surface area contributed by atoms with E-state index in [2.05, 4.69) is 20.3 Å². The van der Waals surface area contributed by atoms with Crippen LogP contribution in [-0.2, 0) is 9.53 Å². The van der Waals surface area contributed by atoms with Crippen LogP contribution in [0.15, 0.2) is 106 Å². The largest absolute Gasteiger partial charge is 0.463 e. The van der Waals surface area contributed by atoms with Crippen LogP contribution in [0.25, 0.3) is 23.2 Å². The van der Waals surface area contributed by atoms with Gasteiger partial charge >= 0.3 is 5.97 Å². The van der Waals surface area contributed by atoms with Gasteiger partial charge in [0.2, 0.25) is 0 Å². The molecule has 0 radical (unpaired) electrons. The van der Waals surface area contributed by atoms with E-state index >= 15 is 0 Å². The van der Waals surface area contributed by atoms with E-state index in [1.807, 2.05) is 85.1 Å². The number of nitrogens with zero attached hydrogens (tertiary/aromatic N) is 6. The Hall–Kier alpha value is -4.96. The molecule has 0 N–H and O–H groups in total. The highest BCUT2D eigenvalue weighted by Gasteiger charge is 2.33. The lowest BCUT2D eigenvalue weighted by Gasteiger charge is -2.24. The van der Waals surface area contributed by atoms with Gasteiger partial charge in [0, 0.05) is 6.20 Å². The van der Waals surface area contributed by atoms with Gasteiger partial charge in [-0.05, 0) is 55.3 Å². The first-order valence-electron chi connectivity index (χ1n) is 12.7. The molecule has 10 heteroatoms. The number of aromatic nitrogens is 5. The molecule has 1 atom stereocenters. The van der Waals surface area contributed by atoms with Gasteiger partial charge in [-0.25, -0.2) is 14.5 Å². The number of benzene rings is 2. The van der Waals surface area contributed by atoms with Crippen molar-refractivity contribution in [2.75, 3.05) is 6.61 Å². The molecule has 0 amide bonds. The zero-order valence-electron chi connectivity index (χ0n) is 21.8. The third-order valence-corrected chi connectivity index (χ3v) is 7.47. The molecule has 1 aliphatic heterocycles. The molecular formula is C30H24N6O3S. The van der Waals surface area contributed by atoms with Crippen LogP contribution in [0.2, 0.25) is 0 Å². The number of thiazole rings is 1. The van der Waals surface area contributed by atoms with Crippen LogP contribution in [0.3, 0.4) is 0 Å². The molecule has 1 aliphatic rings. The van der Waals surface area contributed by atoms with E-state index < -0.39 is 12.0 Å². The summed E-state index contributed by atoms with van der Waals surface area (Å²) >= 11 is 1.29. The summed E-state index contributed by atoms with van der Waals surface area (Å²) in [5.41, 5.74) is 4.49. The normalized spacial score (nSPS) is 15.1. The third kappa shape index (κ3) is 4.69. The van der Waals surface area contributed by atoms with Gasteiger partial charge in [0.25, 0.3) is 5.56 Å². The lowest BCUT2D eigenvalue weighted by Crippen LogP contribution is -2.39. The number of allylic oxidation sites excluding steroid dienone is 1. The van der Waals surface area contributed by atoms with Crippen LogP contribution >= 0.6 is 11.3 Å². The van der Waals surface area contributed by atoms with Gasteiger partial charge in [-0.3, -0.25) is 14.3 Å². The molecule has 5 aromatic rings. The molecule has 198 valence electrons. The Morgan fingerprint density at radius 1 is 1.05 bits per heavy atom. The van der Waals surface area contributed by atoms with Crippen molar-refractivity contribution in [2.45, 2.75) is 19.9 Å². The van der Waals surface area contributed by atoms with E-state index in [0.29, 0.717) is 26.3 Å². The van der Waals surface area contributed by atoms with E-state index in [-0.39, 0.29) is 12.2 Å². The number of hydrogen-bond donors (Lipinski definition) is 0. The second-order valence-corrected chi connectivity index (χ2v) is 10.1. The summed E-state index contributed by atoms with van der Waals surface area (Å²) < 4.78 is 9.12. The molecule has 0 fully saturated rings. The highest BCUT2D eigenvalue weighted by Crippen LogP contribution is 2.30. The van der Waals surface area contributed by atoms with Gasteiger partial charge in [0.1, 0.15) is 5.69 Å². The first-order chi connectivity index (χ1) is 19.5. The van der Waals surface area contributed by atoms with Crippen molar-refractivity contribution < 1.29 is 9.53 Å². The Bertz CT molecular complexity index is 1920. The SMILES string of the molecule is CCOC(=O)C1=C(C)N=c2s/c(=C\c3cccc(-n4cc(-c5ccccn5)nn4)c3)c(=O)n2C1c1ccccc1. The number of hydrogen-bond acceptors (Lipinski definition) is 8. The molecule has 0 bridgehead atoms. The molecule has 0 aliphatic carbocycles. The average molecular weight is 549 g/mol. The predicted molar refractivity (Wildman–Crippen MR) is 151 cm³/mol. The molecule has 1 unspecified atom stereocenters. The molecular weight excluding hydrogens is 524 g/mol. The van der Waals surface area contributed by atoms with Gasteiger partial charge in [-0.1, -0.05) is 65.1 Å². The van der Waals surface area contributed by atoms with Gasteiger partial charge in [0.15, 0.2) is 4.80 Å². The number of pyridine rings is 1. The summed E-state index contributed by atoms with van der Waals surface area (Å²) in [6.07, 6.45) is 5.36. The molecule has 3 aromatic heterocycles. The fourth-order valence-corrected chi connectivity index (χ4v) is 5.72. The zero-order valence-corrected chi connectivity index (χ0v) is 22.6. The fourth-order valence-electron chi connectivity index (χ4n) is 4.67. The van der Waals surface area contributed by atoms with E-state index in [1.54, 1.807) is 29.3 Å². The minimum Gasteiger partial charge on any atom is -0.463 e. The molecule has 0 spiro atoms. The number of ether oxygens (including phenoxy) is 1. The van der Waals surface area contributed by atoms with Crippen LogP contribution in [-0.4, -0.2) is 37.1 Å². The summed E-state index contributed by atoms with van der Waals surface area (Å²) in [4.78, 5) is 36.3. The van der Waals surface area contributed by atoms with Gasteiger partial charge in [0.05, 0.1) is 46.0 Å². The molecule has 6 rings (SSSR count). The average Bonchev–Trinajstić information content (AvgIpc) is 3.59. The van der Waals surface area contributed by atoms with E-state index in [4.69, 9.17) is 4.74 Å². The van der Waals surface area contributed by atoms with Gasteiger partial charge in [-0.2, -0.15) is 0 Å². The standard InChI is InChI=1S/C30H24N6O3S/c1-3-39-29(38)26-19(2)32-30-36(27(26)21-11-5-4-6-12-21)28(37)25(40-30)17-20-10-9-13-22(16-20)35-18-24(33-34-35)23-14-7-8-15-31-23/h4-18,27H,3H2,1-2H3/b25-17-. The minimum atomic E-state index is -0.634. The number of carbonyl (C=O) groups excluding carboxylic acids is 1. The quantitative estimate of drug-likeness (QED) is 0.301. The maximum atomic E-state index is 13.8. The van der Waals surface area contributed by atoms with Crippen LogP contribution in [0.4, 0.5) is 0 Å². The van der Waals surface area contributed by atoms with Crippen molar-refractivity contribution in [1.82, 2.24) is 24.5 Å². The first-order valence-corrected chi connectivity index (χ1v) is 13.5. The van der Waals surface area contributed by atoms with Crippen LogP contribution in [0.5, 0.6) is 0 Å². The third-order valence-electron chi connectivity index (χ3n) is 6.49. The Morgan fingerprint density at radius 2 is 1.88 bits per heavy atom. The van der Waals surface area contributed by atoms with E-state index in [9.17, 15) is 9.59 Å². The van der Waals surface area contributed by atoms with Gasteiger partial charge < -0.3 is 4.74 Å². The van der Waals surface area contributed by atoms with Crippen LogP contribution in [0.1, 0.15) is 31.0 Å². The second kappa shape index (κ2) is 10.7. The Labute approximate surface area is 233 Å². The predicted octanol–water partition coefficient (Wildman–Crippen LogP) is 3.44. The summed E-state index contributed by atoms with van der Waals surface area (Å²) in [7, 11) is 0. The smallest absolute Gasteiger partial charge is 0.338 e. The monoisotopic (exact) mass is 548 g/mol. The van der Waals surface area contributed by atoms with E-state index in [1.165, 1.54) is 11.3 Å². The van der Waals surface area contributed by atoms with Crippen LogP contribution in [0, 0.1) is 0 Å². The van der Waals surface area contributed by atoms with Crippen molar-refractivity contribution in [3.8, 4) is 17.1 Å². The maximum absolute atomic E-state index is 13.8. The summed E-state index contributed by atoms with van der Waals surface area (Å²) in [6, 6.07) is 22.1. The molecule has 9 nitrogen and oxygen atoms in total. The fraction of sp³-hybridized carbons (Fsp3) is 0.133. The molecule has 2 aromatic carbocycles. The number of carbonyl (C=O) groups is 1. The lowest BCUT2D eigenvalue weighted by molar-refractivity contribution is -0.139. The number of esters is 1. The van der Waals surface area contributed by atoms with Crippen molar-refractivity contribution >= 4 is 23.4 Å². The number of rotatable bonds is 6.